The predicted molar refractivity (Wildman–Crippen MR) is 41.0 cm³/mol. The third-order valence-corrected chi connectivity index (χ3v) is 0.553. The molecule has 0 aromatic carbocycles. The number of ether oxygens (including phenoxy) is 1. The summed E-state index contributed by atoms with van der Waals surface area (Å²) in [7, 11) is 0. The first kappa shape index (κ1) is 16.1. The van der Waals surface area contributed by atoms with Crippen LogP contribution in [-0.4, -0.2) is 26.8 Å². The van der Waals surface area contributed by atoms with E-state index >= 15 is 0 Å². The third kappa shape index (κ3) is 54.8. The summed E-state index contributed by atoms with van der Waals surface area (Å²) in [6.45, 7) is 9.88. The van der Waals surface area contributed by atoms with Crippen LogP contribution in [0, 0.1) is 0 Å². The van der Waals surface area contributed by atoms with Crippen LogP contribution in [0.2, 0.25) is 0 Å². The average Bonchev–Trinajstić information content (AvgIpc) is 2.08. The van der Waals surface area contributed by atoms with Gasteiger partial charge in [0.1, 0.15) is 13.6 Å². The molecule has 0 saturated carbocycles. The van der Waals surface area contributed by atoms with E-state index in [4.69, 9.17) is 14.3 Å². The Balaban J connectivity index is -0.000000105. The first-order chi connectivity index (χ1) is 4.91. The minimum atomic E-state index is 0.855. The molecule has 3 heteroatoms. The predicted octanol–water partition coefficient (Wildman–Crippen LogP) is 1.06. The third-order valence-electron chi connectivity index (χ3n) is 0.553. The highest BCUT2D eigenvalue weighted by molar-refractivity contribution is 5.11. The number of carbonyl (C=O) groups excluding carboxylic acids is 2. The summed E-state index contributed by atoms with van der Waals surface area (Å²) in [6.07, 6.45) is 1.13. The zero-order valence-electron chi connectivity index (χ0n) is 6.76. The van der Waals surface area contributed by atoms with Crippen LogP contribution >= 0.6 is 0 Å². The van der Waals surface area contributed by atoms with Gasteiger partial charge in [0, 0.05) is 13.2 Å². The van der Waals surface area contributed by atoms with Gasteiger partial charge in [-0.1, -0.05) is 6.92 Å². The molecule has 0 bridgehead atoms. The van der Waals surface area contributed by atoms with Crippen molar-refractivity contribution >= 4 is 13.6 Å². The Bertz CT molecular complexity index is 33.8. The Morgan fingerprint density at radius 2 is 1.50 bits per heavy atom. The van der Waals surface area contributed by atoms with E-state index in [0.29, 0.717) is 0 Å². The highest BCUT2D eigenvalue weighted by atomic mass is 16.5. The molecule has 0 N–H and O–H groups in total. The summed E-state index contributed by atoms with van der Waals surface area (Å²) in [4.78, 5) is 16.0. The van der Waals surface area contributed by atoms with Gasteiger partial charge < -0.3 is 14.3 Å². The fraction of sp³-hybridized carbons (Fsp3) is 0.714. The molecule has 0 aliphatic carbocycles. The van der Waals surface area contributed by atoms with Crippen molar-refractivity contribution in [2.45, 2.75) is 20.3 Å². The molecule has 0 rings (SSSR count). The molecular formula is C7H16O3. The van der Waals surface area contributed by atoms with Crippen LogP contribution in [0.4, 0.5) is 0 Å². The van der Waals surface area contributed by atoms with Gasteiger partial charge in [-0.05, 0) is 13.3 Å². The molecule has 0 radical (unpaired) electrons. The Morgan fingerprint density at radius 1 is 1.10 bits per heavy atom. The van der Waals surface area contributed by atoms with E-state index in [9.17, 15) is 0 Å². The second-order valence-electron chi connectivity index (χ2n) is 1.20. The second kappa shape index (κ2) is 40.6. The van der Waals surface area contributed by atoms with E-state index in [1.54, 1.807) is 0 Å². The minimum Gasteiger partial charge on any atom is -0.382 e. The van der Waals surface area contributed by atoms with Gasteiger partial charge in [0.05, 0.1) is 0 Å². The van der Waals surface area contributed by atoms with Crippen LogP contribution in [0.3, 0.4) is 0 Å². The maximum atomic E-state index is 8.00. The Kier molecular flexibility index (Phi) is 65.6. The summed E-state index contributed by atoms with van der Waals surface area (Å²) in [5.74, 6) is 0. The van der Waals surface area contributed by atoms with Gasteiger partial charge in [0.2, 0.25) is 0 Å². The second-order valence-corrected chi connectivity index (χ2v) is 1.20. The SMILES string of the molecule is C=O.C=O.CCCOCC. The molecule has 0 atom stereocenters. The Hall–Kier alpha value is -0.700. The lowest BCUT2D eigenvalue weighted by Crippen LogP contribution is -1.88. The van der Waals surface area contributed by atoms with E-state index in [1.807, 2.05) is 20.5 Å². The quantitative estimate of drug-likeness (QED) is 0.562. The van der Waals surface area contributed by atoms with Crippen molar-refractivity contribution in [3.05, 3.63) is 0 Å². The van der Waals surface area contributed by atoms with Crippen molar-refractivity contribution in [2.75, 3.05) is 13.2 Å². The summed E-state index contributed by atoms with van der Waals surface area (Å²) in [5.41, 5.74) is 0. The highest BCUT2D eigenvalue weighted by Gasteiger charge is 1.72. The molecule has 0 spiro atoms. The molecule has 3 nitrogen and oxygen atoms in total. The zero-order valence-corrected chi connectivity index (χ0v) is 6.76. The van der Waals surface area contributed by atoms with Crippen LogP contribution in [0.5, 0.6) is 0 Å². The maximum absolute atomic E-state index is 8.00. The molecule has 0 aliphatic heterocycles. The molecule has 62 valence electrons. The Labute approximate surface area is 62.4 Å². The van der Waals surface area contributed by atoms with Gasteiger partial charge in [-0.25, -0.2) is 0 Å². The number of hydrogen-bond acceptors (Lipinski definition) is 3. The molecular weight excluding hydrogens is 132 g/mol. The zero-order chi connectivity index (χ0) is 8.83. The normalized spacial score (nSPS) is 6.20. The maximum Gasteiger partial charge on any atom is 0.106 e. The number of rotatable bonds is 3. The van der Waals surface area contributed by atoms with Crippen LogP contribution in [0.1, 0.15) is 20.3 Å². The largest absolute Gasteiger partial charge is 0.382 e. The lowest BCUT2D eigenvalue weighted by Gasteiger charge is -1.91. The fourth-order valence-electron chi connectivity index (χ4n) is 0.289. The standard InChI is InChI=1S/C5H12O.2CH2O/c1-3-5-6-4-2;2*1-2/h3-5H2,1-2H3;2*1H2. The minimum absolute atomic E-state index is 0.855. The van der Waals surface area contributed by atoms with Gasteiger partial charge in [-0.15, -0.1) is 0 Å². The van der Waals surface area contributed by atoms with Crippen molar-refractivity contribution in [3.8, 4) is 0 Å². The van der Waals surface area contributed by atoms with E-state index in [-0.39, 0.29) is 0 Å². The number of carbonyl (C=O) groups is 2. The molecule has 0 aliphatic rings. The highest BCUT2D eigenvalue weighted by Crippen LogP contribution is 1.75. The summed E-state index contributed by atoms with van der Waals surface area (Å²) in [5, 5.41) is 0. The molecule has 0 aromatic heterocycles. The van der Waals surface area contributed by atoms with Gasteiger partial charge >= 0.3 is 0 Å². The van der Waals surface area contributed by atoms with Crippen LogP contribution in [0.25, 0.3) is 0 Å². The van der Waals surface area contributed by atoms with Crippen molar-refractivity contribution < 1.29 is 14.3 Å². The Morgan fingerprint density at radius 3 is 1.60 bits per heavy atom. The van der Waals surface area contributed by atoms with Gasteiger partial charge in [0.15, 0.2) is 0 Å². The summed E-state index contributed by atoms with van der Waals surface area (Å²) >= 11 is 0. The molecule has 0 amide bonds. The first-order valence-corrected chi connectivity index (χ1v) is 3.07. The van der Waals surface area contributed by atoms with E-state index in [0.717, 1.165) is 19.6 Å². The van der Waals surface area contributed by atoms with Crippen LogP contribution < -0.4 is 0 Å². The van der Waals surface area contributed by atoms with Crippen LogP contribution in [0.15, 0.2) is 0 Å². The van der Waals surface area contributed by atoms with Gasteiger partial charge in [-0.2, -0.15) is 0 Å². The van der Waals surface area contributed by atoms with Crippen molar-refractivity contribution in [2.24, 2.45) is 0 Å². The molecule has 10 heavy (non-hydrogen) atoms. The molecule has 0 aromatic rings. The van der Waals surface area contributed by atoms with E-state index in [1.165, 1.54) is 0 Å². The van der Waals surface area contributed by atoms with Crippen molar-refractivity contribution in [1.82, 2.24) is 0 Å². The summed E-state index contributed by atoms with van der Waals surface area (Å²) < 4.78 is 4.98. The lowest BCUT2D eigenvalue weighted by atomic mass is 10.5. The van der Waals surface area contributed by atoms with Crippen molar-refractivity contribution in [1.29, 1.82) is 0 Å². The topological polar surface area (TPSA) is 43.4 Å². The van der Waals surface area contributed by atoms with Crippen molar-refractivity contribution in [3.63, 3.8) is 0 Å². The lowest BCUT2D eigenvalue weighted by molar-refractivity contribution is -0.0987. The average molecular weight is 148 g/mol. The molecule has 0 unspecified atom stereocenters. The fourth-order valence-corrected chi connectivity index (χ4v) is 0.289. The van der Waals surface area contributed by atoms with E-state index in [2.05, 4.69) is 6.92 Å². The van der Waals surface area contributed by atoms with E-state index < -0.39 is 0 Å². The van der Waals surface area contributed by atoms with Crippen LogP contribution in [-0.2, 0) is 14.3 Å². The monoisotopic (exact) mass is 148 g/mol. The first-order valence-electron chi connectivity index (χ1n) is 3.07. The van der Waals surface area contributed by atoms with Gasteiger partial charge in [-0.3, -0.25) is 0 Å². The molecule has 0 saturated heterocycles. The molecule has 0 heterocycles. The summed E-state index contributed by atoms with van der Waals surface area (Å²) in [6, 6.07) is 0. The smallest absolute Gasteiger partial charge is 0.106 e. The number of hydrogen-bond donors (Lipinski definition) is 0. The molecule has 0 fully saturated rings. The van der Waals surface area contributed by atoms with Gasteiger partial charge in [0.25, 0.3) is 0 Å².